The van der Waals surface area contributed by atoms with Gasteiger partial charge in [-0.1, -0.05) is 25.0 Å². The van der Waals surface area contributed by atoms with Crippen LogP contribution in [0.4, 0.5) is 4.39 Å². The lowest BCUT2D eigenvalue weighted by atomic mass is 9.67. The van der Waals surface area contributed by atoms with Crippen molar-refractivity contribution in [3.63, 3.8) is 0 Å². The number of halogens is 1. The van der Waals surface area contributed by atoms with E-state index in [2.05, 4.69) is 5.32 Å². The van der Waals surface area contributed by atoms with E-state index >= 15 is 0 Å². The minimum absolute atomic E-state index is 0.187. The molecule has 2 nitrogen and oxygen atoms in total. The molecule has 1 saturated carbocycles. The van der Waals surface area contributed by atoms with Crippen LogP contribution in [0.2, 0.25) is 0 Å². The van der Waals surface area contributed by atoms with Gasteiger partial charge in [0.1, 0.15) is 11.9 Å². The predicted molar refractivity (Wildman–Crippen MR) is 67.5 cm³/mol. The SMILES string of the molecule is O[C@]12CCCC[C@H]1[C@@H](c1ccc(F)cc1)[NH2+]CC2. The lowest BCUT2D eigenvalue weighted by molar-refractivity contribution is -0.719. The Kier molecular flexibility index (Phi) is 3.12. The molecule has 0 unspecified atom stereocenters. The van der Waals surface area contributed by atoms with Crippen molar-refractivity contribution in [3.8, 4) is 0 Å². The van der Waals surface area contributed by atoms with E-state index < -0.39 is 5.60 Å². The van der Waals surface area contributed by atoms with Crippen molar-refractivity contribution in [2.75, 3.05) is 6.54 Å². The van der Waals surface area contributed by atoms with E-state index in [1.807, 2.05) is 12.1 Å². The van der Waals surface area contributed by atoms with Gasteiger partial charge in [-0.2, -0.15) is 0 Å². The average Bonchev–Trinajstić information content (AvgIpc) is 2.38. The Morgan fingerprint density at radius 3 is 2.72 bits per heavy atom. The summed E-state index contributed by atoms with van der Waals surface area (Å²) in [5.74, 6) is 0.138. The Bertz CT molecular complexity index is 415. The van der Waals surface area contributed by atoms with Gasteiger partial charge in [-0.3, -0.25) is 0 Å². The quantitative estimate of drug-likeness (QED) is 0.783. The van der Waals surface area contributed by atoms with Crippen molar-refractivity contribution in [1.82, 2.24) is 0 Å². The highest BCUT2D eigenvalue weighted by molar-refractivity contribution is 5.20. The van der Waals surface area contributed by atoms with Crippen LogP contribution < -0.4 is 5.32 Å². The average molecular weight is 250 g/mol. The number of nitrogens with two attached hydrogens (primary N) is 1. The number of piperidine rings is 1. The number of rotatable bonds is 1. The van der Waals surface area contributed by atoms with Gasteiger partial charge in [-0.15, -0.1) is 0 Å². The first-order valence-corrected chi connectivity index (χ1v) is 7.00. The van der Waals surface area contributed by atoms with Crippen LogP contribution in [0.25, 0.3) is 0 Å². The zero-order valence-electron chi connectivity index (χ0n) is 10.6. The third kappa shape index (κ3) is 2.06. The fourth-order valence-corrected chi connectivity index (χ4v) is 3.80. The minimum atomic E-state index is -0.480. The van der Waals surface area contributed by atoms with E-state index in [0.29, 0.717) is 12.0 Å². The van der Waals surface area contributed by atoms with Crippen LogP contribution >= 0.6 is 0 Å². The molecule has 0 radical (unpaired) electrons. The molecule has 2 fully saturated rings. The van der Waals surface area contributed by atoms with Crippen LogP contribution in [-0.4, -0.2) is 17.3 Å². The van der Waals surface area contributed by atoms with Crippen molar-refractivity contribution in [2.45, 2.75) is 43.7 Å². The molecular formula is C15H21FNO+. The van der Waals surface area contributed by atoms with Gasteiger partial charge < -0.3 is 10.4 Å². The van der Waals surface area contributed by atoms with Crippen molar-refractivity contribution < 1.29 is 14.8 Å². The Balaban J connectivity index is 1.88. The molecule has 18 heavy (non-hydrogen) atoms. The maximum absolute atomic E-state index is 13.0. The summed E-state index contributed by atoms with van der Waals surface area (Å²) < 4.78 is 13.0. The maximum Gasteiger partial charge on any atom is 0.123 e. The van der Waals surface area contributed by atoms with Gasteiger partial charge in [0, 0.05) is 17.9 Å². The highest BCUT2D eigenvalue weighted by Gasteiger charge is 2.48. The first kappa shape index (κ1) is 12.1. The maximum atomic E-state index is 13.0. The third-order valence-corrected chi connectivity index (χ3v) is 4.75. The van der Waals surface area contributed by atoms with E-state index in [9.17, 15) is 9.50 Å². The van der Waals surface area contributed by atoms with Crippen molar-refractivity contribution >= 4 is 0 Å². The fraction of sp³-hybridized carbons (Fsp3) is 0.600. The molecule has 2 aliphatic rings. The number of fused-ring (bicyclic) bond motifs is 1. The molecule has 3 heteroatoms. The van der Waals surface area contributed by atoms with E-state index in [4.69, 9.17) is 0 Å². The van der Waals surface area contributed by atoms with Crippen LogP contribution in [0.3, 0.4) is 0 Å². The lowest BCUT2D eigenvalue weighted by Crippen LogP contribution is -2.91. The Morgan fingerprint density at radius 2 is 1.94 bits per heavy atom. The highest BCUT2D eigenvalue weighted by Crippen LogP contribution is 2.43. The number of hydrogen-bond acceptors (Lipinski definition) is 1. The lowest BCUT2D eigenvalue weighted by Gasteiger charge is -2.46. The third-order valence-electron chi connectivity index (χ3n) is 4.75. The fourth-order valence-electron chi connectivity index (χ4n) is 3.80. The summed E-state index contributed by atoms with van der Waals surface area (Å²) in [6.45, 7) is 0.967. The van der Waals surface area contributed by atoms with Gasteiger partial charge in [0.2, 0.25) is 0 Å². The molecule has 0 spiro atoms. The summed E-state index contributed by atoms with van der Waals surface area (Å²) in [7, 11) is 0. The van der Waals surface area contributed by atoms with Gasteiger partial charge in [-0.05, 0) is 25.0 Å². The highest BCUT2D eigenvalue weighted by atomic mass is 19.1. The molecule has 1 aliphatic carbocycles. The number of benzene rings is 1. The van der Waals surface area contributed by atoms with Crippen LogP contribution in [0.5, 0.6) is 0 Å². The second-order valence-corrected chi connectivity index (χ2v) is 5.81. The Morgan fingerprint density at radius 1 is 1.17 bits per heavy atom. The smallest absolute Gasteiger partial charge is 0.123 e. The molecule has 98 valence electrons. The van der Waals surface area contributed by atoms with Gasteiger partial charge in [0.15, 0.2) is 0 Å². The molecule has 1 aromatic rings. The Labute approximate surface area is 107 Å². The normalized spacial score (nSPS) is 36.1. The molecule has 0 bridgehead atoms. The molecule has 3 rings (SSSR count). The number of hydrogen-bond donors (Lipinski definition) is 2. The largest absolute Gasteiger partial charge is 0.389 e. The topological polar surface area (TPSA) is 36.8 Å². The summed E-state index contributed by atoms with van der Waals surface area (Å²) in [6, 6.07) is 7.09. The standard InChI is InChI=1S/C15H20FNO/c16-12-6-4-11(5-7-12)14-13-3-1-2-8-15(13,18)9-10-17-14/h4-7,13-14,17-18H,1-3,8-10H2/p+1/t13-,14+,15-/m0/s1. The zero-order chi connectivity index (χ0) is 12.6. The minimum Gasteiger partial charge on any atom is -0.389 e. The summed E-state index contributed by atoms with van der Waals surface area (Å²) in [4.78, 5) is 0. The van der Waals surface area contributed by atoms with Crippen molar-refractivity contribution in [1.29, 1.82) is 0 Å². The monoisotopic (exact) mass is 250 g/mol. The second kappa shape index (κ2) is 4.63. The second-order valence-electron chi connectivity index (χ2n) is 5.81. The summed E-state index contributed by atoms with van der Waals surface area (Å²) in [5, 5.41) is 13.1. The van der Waals surface area contributed by atoms with Gasteiger partial charge in [-0.25, -0.2) is 4.39 Å². The first-order chi connectivity index (χ1) is 8.69. The summed E-state index contributed by atoms with van der Waals surface area (Å²) in [5.41, 5.74) is 0.674. The molecule has 1 aliphatic heterocycles. The van der Waals surface area contributed by atoms with Crippen LogP contribution in [-0.2, 0) is 0 Å². The van der Waals surface area contributed by atoms with E-state index in [1.165, 1.54) is 18.6 Å². The Hall–Kier alpha value is -0.930. The molecule has 3 N–H and O–H groups in total. The number of aliphatic hydroxyl groups is 1. The molecule has 0 amide bonds. The molecule has 1 aromatic carbocycles. The molecule has 1 heterocycles. The van der Waals surface area contributed by atoms with Crippen molar-refractivity contribution in [2.24, 2.45) is 5.92 Å². The molecule has 3 atom stereocenters. The van der Waals surface area contributed by atoms with Crippen molar-refractivity contribution in [3.05, 3.63) is 35.6 Å². The molecule has 0 aromatic heterocycles. The van der Waals surface area contributed by atoms with Crippen LogP contribution in [0, 0.1) is 11.7 Å². The van der Waals surface area contributed by atoms with Gasteiger partial charge >= 0.3 is 0 Å². The molecule has 1 saturated heterocycles. The zero-order valence-corrected chi connectivity index (χ0v) is 10.6. The van der Waals surface area contributed by atoms with Crippen LogP contribution in [0.15, 0.2) is 24.3 Å². The van der Waals surface area contributed by atoms with Gasteiger partial charge in [0.25, 0.3) is 0 Å². The summed E-state index contributed by atoms with van der Waals surface area (Å²) >= 11 is 0. The first-order valence-electron chi connectivity index (χ1n) is 7.00. The summed E-state index contributed by atoms with van der Waals surface area (Å²) in [6.07, 6.45) is 5.27. The van der Waals surface area contributed by atoms with Gasteiger partial charge in [0.05, 0.1) is 12.1 Å². The van der Waals surface area contributed by atoms with E-state index in [-0.39, 0.29) is 5.82 Å². The molecular weight excluding hydrogens is 229 g/mol. The predicted octanol–water partition coefficient (Wildman–Crippen LogP) is 1.76. The number of quaternary nitrogens is 1. The van der Waals surface area contributed by atoms with Crippen LogP contribution in [0.1, 0.15) is 43.7 Å². The van der Waals surface area contributed by atoms with E-state index in [0.717, 1.165) is 37.8 Å². The van der Waals surface area contributed by atoms with E-state index in [1.54, 1.807) is 0 Å².